The molecule has 2 heteroatoms. The quantitative estimate of drug-likeness (QED) is 0.445. The first kappa shape index (κ1) is 11.2. The highest BCUT2D eigenvalue weighted by molar-refractivity contribution is 5.80. The number of hydrogen-bond donors (Lipinski definition) is 0. The van der Waals surface area contributed by atoms with E-state index in [0.29, 0.717) is 0 Å². The van der Waals surface area contributed by atoms with Crippen LogP contribution in [0.25, 0.3) is 0 Å². The van der Waals surface area contributed by atoms with Gasteiger partial charge in [-0.05, 0) is 6.42 Å². The van der Waals surface area contributed by atoms with Crippen molar-refractivity contribution < 1.29 is 9.53 Å². The lowest BCUT2D eigenvalue weighted by molar-refractivity contribution is -0.134. The number of carbonyl (C=O) groups excluding carboxylic acids is 1. The fourth-order valence-corrected chi connectivity index (χ4v) is 0.982. The van der Waals surface area contributed by atoms with E-state index in [-0.39, 0.29) is 0 Å². The van der Waals surface area contributed by atoms with Crippen LogP contribution < -0.4 is 0 Å². The molecule has 0 heterocycles. The van der Waals surface area contributed by atoms with E-state index in [1.807, 2.05) is 0 Å². The van der Waals surface area contributed by atoms with Gasteiger partial charge >= 0.3 is 5.97 Å². The van der Waals surface area contributed by atoms with Crippen LogP contribution in [0.15, 0.2) is 12.7 Å². The zero-order chi connectivity index (χ0) is 9.23. The molecule has 0 N–H and O–H groups in total. The molecule has 0 spiro atoms. The Morgan fingerprint density at radius 1 is 1.42 bits per heavy atom. The van der Waals surface area contributed by atoms with Gasteiger partial charge in [0.25, 0.3) is 0 Å². The molecule has 0 saturated heterocycles. The molecule has 12 heavy (non-hydrogen) atoms. The zero-order valence-electron chi connectivity index (χ0n) is 7.71. The second kappa shape index (κ2) is 8.31. The Balaban J connectivity index is 0.000000202. The maximum Gasteiger partial charge on any atom is 0.329 e. The molecule has 0 atom stereocenters. The predicted octanol–water partition coefficient (Wildman–Crippen LogP) is 2.50. The first-order valence-electron chi connectivity index (χ1n) is 4.33. The molecule has 1 rings (SSSR count). The van der Waals surface area contributed by atoms with Gasteiger partial charge in [-0.25, -0.2) is 4.79 Å². The number of esters is 1. The Morgan fingerprint density at radius 2 is 2.00 bits per heavy atom. The number of rotatable bonds is 1. The highest BCUT2D eigenvalue weighted by Crippen LogP contribution is 2.14. The van der Waals surface area contributed by atoms with Gasteiger partial charge in [0.05, 0.1) is 7.11 Å². The summed E-state index contributed by atoms with van der Waals surface area (Å²) in [6.45, 7) is 3.16. The van der Waals surface area contributed by atoms with Crippen LogP contribution in [0, 0.1) is 6.42 Å². The largest absolute Gasteiger partial charge is 0.466 e. The van der Waals surface area contributed by atoms with Gasteiger partial charge in [-0.15, -0.1) is 0 Å². The molecule has 0 aromatic heterocycles. The van der Waals surface area contributed by atoms with Crippen molar-refractivity contribution in [1.29, 1.82) is 0 Å². The summed E-state index contributed by atoms with van der Waals surface area (Å²) in [5.74, 6) is -0.394. The molecule has 69 valence electrons. The van der Waals surface area contributed by atoms with Crippen LogP contribution in [0.2, 0.25) is 0 Å². The molecule has 0 aliphatic heterocycles. The molecule has 0 unspecified atom stereocenters. The number of carbonyl (C=O) groups is 1. The lowest BCUT2D eigenvalue weighted by Gasteiger charge is -2.05. The molecule has 1 fully saturated rings. The first-order chi connectivity index (χ1) is 5.81. The van der Waals surface area contributed by atoms with Crippen LogP contribution in [0.3, 0.4) is 0 Å². The van der Waals surface area contributed by atoms with Crippen molar-refractivity contribution in [1.82, 2.24) is 0 Å². The van der Waals surface area contributed by atoms with Crippen LogP contribution in [0.1, 0.15) is 32.1 Å². The third-order valence-corrected chi connectivity index (χ3v) is 1.68. The average Bonchev–Trinajstić information content (AvgIpc) is 2.20. The Bertz CT molecular complexity index is 114. The van der Waals surface area contributed by atoms with Crippen molar-refractivity contribution >= 4 is 5.97 Å². The SMILES string of the molecule is C=CC(=O)OC.[CH]1CCCCC1. The molecule has 1 saturated carbocycles. The van der Waals surface area contributed by atoms with Gasteiger partial charge in [0.1, 0.15) is 0 Å². The van der Waals surface area contributed by atoms with Crippen molar-refractivity contribution in [2.75, 3.05) is 7.11 Å². The molecule has 1 radical (unpaired) electrons. The van der Waals surface area contributed by atoms with E-state index in [9.17, 15) is 4.79 Å². The van der Waals surface area contributed by atoms with Gasteiger partial charge in [-0.1, -0.05) is 38.7 Å². The third-order valence-electron chi connectivity index (χ3n) is 1.68. The van der Waals surface area contributed by atoms with Crippen LogP contribution in [-0.4, -0.2) is 13.1 Å². The fourth-order valence-electron chi connectivity index (χ4n) is 0.982. The zero-order valence-corrected chi connectivity index (χ0v) is 7.71. The van der Waals surface area contributed by atoms with E-state index in [1.165, 1.54) is 39.2 Å². The van der Waals surface area contributed by atoms with E-state index in [1.54, 1.807) is 0 Å². The molecule has 1 aliphatic rings. The van der Waals surface area contributed by atoms with Crippen LogP contribution in [0.5, 0.6) is 0 Å². The lowest BCUT2D eigenvalue weighted by Crippen LogP contribution is -1.91. The highest BCUT2D eigenvalue weighted by atomic mass is 16.5. The smallest absolute Gasteiger partial charge is 0.329 e. The normalized spacial score (nSPS) is 15.4. The van der Waals surface area contributed by atoms with E-state index >= 15 is 0 Å². The standard InChI is InChI=1S/C6H11.C4H6O2/c1-2-4-6-5-3-1;1-3-4(5)6-2/h1H,2-6H2;3H,1H2,2H3. The molecular formula is C10H17O2. The average molecular weight is 169 g/mol. The molecule has 0 aromatic carbocycles. The predicted molar refractivity (Wildman–Crippen MR) is 49.6 cm³/mol. The minimum atomic E-state index is -0.394. The van der Waals surface area contributed by atoms with Gasteiger partial charge in [-0.3, -0.25) is 0 Å². The van der Waals surface area contributed by atoms with Crippen molar-refractivity contribution in [3.8, 4) is 0 Å². The molecule has 0 bridgehead atoms. The maximum absolute atomic E-state index is 9.84. The summed E-state index contributed by atoms with van der Waals surface area (Å²) in [5.41, 5.74) is 0. The first-order valence-corrected chi connectivity index (χ1v) is 4.33. The Kier molecular flexibility index (Phi) is 7.76. The Labute approximate surface area is 74.6 Å². The van der Waals surface area contributed by atoms with Crippen LogP contribution in [-0.2, 0) is 9.53 Å². The monoisotopic (exact) mass is 169 g/mol. The number of ether oxygens (including phenoxy) is 1. The van der Waals surface area contributed by atoms with Gasteiger partial charge in [0, 0.05) is 6.08 Å². The summed E-state index contributed by atoms with van der Waals surface area (Å²) < 4.78 is 4.14. The fraction of sp³-hybridized carbons (Fsp3) is 0.600. The minimum absolute atomic E-state index is 0.394. The maximum atomic E-state index is 9.84. The Hall–Kier alpha value is -0.790. The second-order valence-corrected chi connectivity index (χ2v) is 2.65. The lowest BCUT2D eigenvalue weighted by atomic mass is 10.0. The van der Waals surface area contributed by atoms with Crippen molar-refractivity contribution in [2.24, 2.45) is 0 Å². The Morgan fingerprint density at radius 3 is 2.08 bits per heavy atom. The van der Waals surface area contributed by atoms with Crippen molar-refractivity contribution in [2.45, 2.75) is 32.1 Å². The van der Waals surface area contributed by atoms with E-state index in [2.05, 4.69) is 17.7 Å². The minimum Gasteiger partial charge on any atom is -0.466 e. The summed E-state index contributed by atoms with van der Waals surface area (Å²) >= 11 is 0. The number of methoxy groups -OCH3 is 1. The summed E-state index contributed by atoms with van der Waals surface area (Å²) in [4.78, 5) is 9.84. The molecule has 0 amide bonds. The van der Waals surface area contributed by atoms with E-state index in [0.717, 1.165) is 6.08 Å². The summed E-state index contributed by atoms with van der Waals surface area (Å²) in [5, 5.41) is 0. The van der Waals surface area contributed by atoms with Crippen LogP contribution in [0.4, 0.5) is 0 Å². The van der Waals surface area contributed by atoms with Gasteiger partial charge in [0.15, 0.2) is 0 Å². The topological polar surface area (TPSA) is 26.3 Å². The third kappa shape index (κ3) is 7.32. The second-order valence-electron chi connectivity index (χ2n) is 2.65. The number of hydrogen-bond acceptors (Lipinski definition) is 2. The summed E-state index contributed by atoms with van der Waals surface area (Å²) in [7, 11) is 1.31. The van der Waals surface area contributed by atoms with Crippen LogP contribution >= 0.6 is 0 Å². The molecule has 2 nitrogen and oxygen atoms in total. The molecule has 0 aromatic rings. The van der Waals surface area contributed by atoms with E-state index in [4.69, 9.17) is 0 Å². The van der Waals surface area contributed by atoms with E-state index < -0.39 is 5.97 Å². The van der Waals surface area contributed by atoms with Gasteiger partial charge in [-0.2, -0.15) is 0 Å². The molecule has 1 aliphatic carbocycles. The van der Waals surface area contributed by atoms with Crippen molar-refractivity contribution in [3.05, 3.63) is 19.1 Å². The summed E-state index contributed by atoms with van der Waals surface area (Å²) in [6, 6.07) is 0. The highest BCUT2D eigenvalue weighted by Gasteiger charge is 1.95. The molecular weight excluding hydrogens is 152 g/mol. The summed E-state index contributed by atoms with van der Waals surface area (Å²) in [6.07, 6.45) is 10.6. The van der Waals surface area contributed by atoms with Gasteiger partial charge < -0.3 is 4.74 Å². The van der Waals surface area contributed by atoms with Gasteiger partial charge in [0.2, 0.25) is 0 Å². The van der Waals surface area contributed by atoms with Crippen molar-refractivity contribution in [3.63, 3.8) is 0 Å².